The molecule has 1 N–H and O–H groups in total. The molecular weight excluding hydrogens is 476 g/mol. The van der Waals surface area contributed by atoms with Gasteiger partial charge in [-0.2, -0.15) is 12.7 Å². The summed E-state index contributed by atoms with van der Waals surface area (Å²) in [7, 11) is 0.326. The molecule has 186 valence electrons. The molecule has 2 aromatic carbocycles. The number of amides is 2. The highest BCUT2D eigenvalue weighted by molar-refractivity contribution is 7.90. The van der Waals surface area contributed by atoms with Crippen molar-refractivity contribution in [1.29, 1.82) is 0 Å². The summed E-state index contributed by atoms with van der Waals surface area (Å²) in [5, 5.41) is 3.05. The second kappa shape index (κ2) is 11.7. The Morgan fingerprint density at radius 1 is 1.09 bits per heavy atom. The number of nitrogens with zero attached hydrogens (tertiary/aromatic N) is 3. The van der Waals surface area contributed by atoms with Crippen LogP contribution in [0.3, 0.4) is 0 Å². The molecule has 2 rings (SSSR count). The van der Waals surface area contributed by atoms with Crippen LogP contribution in [-0.4, -0.2) is 63.2 Å². The first kappa shape index (κ1) is 27.6. The van der Waals surface area contributed by atoms with E-state index in [0.717, 1.165) is 14.2 Å². The Morgan fingerprint density at radius 2 is 1.74 bits per heavy atom. The Kier molecular flexibility index (Phi) is 9.49. The molecule has 0 aromatic heterocycles. The van der Waals surface area contributed by atoms with Gasteiger partial charge in [-0.15, -0.1) is 0 Å². The molecule has 0 fully saturated rings. The van der Waals surface area contributed by atoms with Crippen LogP contribution in [0.25, 0.3) is 0 Å². The standard InChI is InChI=1S/C24H33ClN4O4S/c1-7-21(24(31)26-4)28(15-19-10-8-9-11-20(19)25)23(30)16-29(34(32,33)27(5)6)22-14-17(2)12-13-18(22)3/h8-14,21H,7,15-16H2,1-6H3,(H,26,31)/t21-/m0/s1. The first-order valence-electron chi connectivity index (χ1n) is 11.0. The summed E-state index contributed by atoms with van der Waals surface area (Å²) in [6.45, 7) is 5.04. The van der Waals surface area contributed by atoms with Crippen molar-refractivity contribution in [2.45, 2.75) is 39.8 Å². The van der Waals surface area contributed by atoms with E-state index in [1.165, 1.54) is 26.0 Å². The van der Waals surface area contributed by atoms with Crippen molar-refractivity contribution < 1.29 is 18.0 Å². The largest absolute Gasteiger partial charge is 0.357 e. The maximum Gasteiger partial charge on any atom is 0.304 e. The van der Waals surface area contributed by atoms with Crippen LogP contribution in [0.4, 0.5) is 5.69 Å². The average molecular weight is 509 g/mol. The van der Waals surface area contributed by atoms with Crippen molar-refractivity contribution in [1.82, 2.24) is 14.5 Å². The molecule has 1 atom stereocenters. The number of nitrogens with one attached hydrogen (secondary N) is 1. The van der Waals surface area contributed by atoms with E-state index in [9.17, 15) is 18.0 Å². The number of aryl methyl sites for hydroxylation is 2. The molecule has 0 bridgehead atoms. The lowest BCUT2D eigenvalue weighted by Gasteiger charge is -2.34. The third-order valence-electron chi connectivity index (χ3n) is 5.58. The summed E-state index contributed by atoms with van der Waals surface area (Å²) in [6, 6.07) is 11.7. The number of likely N-dealkylation sites (N-methyl/N-ethyl adjacent to an activating group) is 1. The minimum Gasteiger partial charge on any atom is -0.357 e. The molecule has 0 unspecified atom stereocenters. The van der Waals surface area contributed by atoms with Crippen LogP contribution in [-0.2, 0) is 26.3 Å². The molecule has 10 heteroatoms. The SMILES string of the molecule is CC[C@@H](C(=O)NC)N(Cc1ccccc1Cl)C(=O)CN(c1cc(C)ccc1C)S(=O)(=O)N(C)C. The van der Waals surface area contributed by atoms with Crippen molar-refractivity contribution in [3.8, 4) is 0 Å². The van der Waals surface area contributed by atoms with Crippen LogP contribution in [0.1, 0.15) is 30.0 Å². The van der Waals surface area contributed by atoms with Gasteiger partial charge in [0, 0.05) is 32.7 Å². The first-order valence-corrected chi connectivity index (χ1v) is 12.7. The molecule has 8 nitrogen and oxygen atoms in total. The van der Waals surface area contributed by atoms with E-state index < -0.39 is 28.7 Å². The molecule has 0 radical (unpaired) electrons. The predicted octanol–water partition coefficient (Wildman–Crippen LogP) is 3.12. The van der Waals surface area contributed by atoms with Gasteiger partial charge in [0.05, 0.1) is 5.69 Å². The average Bonchev–Trinajstić information content (AvgIpc) is 2.79. The molecular formula is C24H33ClN4O4S. The topological polar surface area (TPSA) is 90.0 Å². The molecule has 2 aromatic rings. The highest BCUT2D eigenvalue weighted by Gasteiger charge is 2.34. The van der Waals surface area contributed by atoms with Gasteiger partial charge >= 0.3 is 10.2 Å². The van der Waals surface area contributed by atoms with Gasteiger partial charge in [0.15, 0.2) is 0 Å². The second-order valence-corrected chi connectivity index (χ2v) is 10.7. The van der Waals surface area contributed by atoms with Gasteiger partial charge in [0.1, 0.15) is 12.6 Å². The first-order chi connectivity index (χ1) is 15.9. The Hall–Kier alpha value is -2.62. The molecule has 0 aliphatic carbocycles. The van der Waals surface area contributed by atoms with E-state index in [0.29, 0.717) is 28.3 Å². The number of benzene rings is 2. The molecule has 0 heterocycles. The van der Waals surface area contributed by atoms with E-state index in [1.54, 1.807) is 44.2 Å². The number of carbonyl (C=O) groups excluding carboxylic acids is 2. The van der Waals surface area contributed by atoms with Crippen molar-refractivity contribution in [3.63, 3.8) is 0 Å². The lowest BCUT2D eigenvalue weighted by molar-refractivity contribution is -0.140. The molecule has 0 saturated heterocycles. The maximum absolute atomic E-state index is 13.7. The number of halogens is 1. The van der Waals surface area contributed by atoms with E-state index in [4.69, 9.17) is 11.6 Å². The third kappa shape index (κ3) is 6.28. The summed E-state index contributed by atoms with van der Waals surface area (Å²) in [4.78, 5) is 27.7. The number of carbonyl (C=O) groups is 2. The maximum atomic E-state index is 13.7. The number of hydrogen-bond acceptors (Lipinski definition) is 4. The quantitative estimate of drug-likeness (QED) is 0.534. The van der Waals surface area contributed by atoms with Gasteiger partial charge in [0.25, 0.3) is 0 Å². The molecule has 2 amide bonds. The number of rotatable bonds is 10. The van der Waals surface area contributed by atoms with Crippen molar-refractivity contribution in [2.24, 2.45) is 0 Å². The molecule has 0 aliphatic rings. The Morgan fingerprint density at radius 3 is 2.29 bits per heavy atom. The fraction of sp³-hybridized carbons (Fsp3) is 0.417. The zero-order valence-corrected chi connectivity index (χ0v) is 22.1. The fourth-order valence-corrected chi connectivity index (χ4v) is 4.89. The summed E-state index contributed by atoms with van der Waals surface area (Å²) in [5.74, 6) is -0.849. The van der Waals surface area contributed by atoms with E-state index >= 15 is 0 Å². The van der Waals surface area contributed by atoms with Crippen molar-refractivity contribution in [3.05, 3.63) is 64.2 Å². The molecule has 0 aliphatic heterocycles. The van der Waals surface area contributed by atoms with Gasteiger partial charge in [-0.25, -0.2) is 4.31 Å². The fourth-order valence-electron chi connectivity index (χ4n) is 3.59. The highest BCUT2D eigenvalue weighted by atomic mass is 35.5. The minimum atomic E-state index is -4.01. The van der Waals surface area contributed by atoms with Gasteiger partial charge in [-0.05, 0) is 49.1 Å². The van der Waals surface area contributed by atoms with Gasteiger partial charge in [-0.1, -0.05) is 48.9 Å². The van der Waals surface area contributed by atoms with Crippen LogP contribution in [0, 0.1) is 13.8 Å². The zero-order valence-electron chi connectivity index (χ0n) is 20.5. The summed E-state index contributed by atoms with van der Waals surface area (Å²) in [6.07, 6.45) is 0.347. The summed E-state index contributed by atoms with van der Waals surface area (Å²) >= 11 is 6.34. The van der Waals surface area contributed by atoms with Crippen LogP contribution in [0.5, 0.6) is 0 Å². The van der Waals surface area contributed by atoms with Crippen molar-refractivity contribution in [2.75, 3.05) is 32.0 Å². The summed E-state index contributed by atoms with van der Waals surface area (Å²) < 4.78 is 28.7. The Bertz CT molecular complexity index is 1140. The van der Waals surface area contributed by atoms with Crippen molar-refractivity contribution >= 4 is 39.3 Å². The monoisotopic (exact) mass is 508 g/mol. The van der Waals surface area contributed by atoms with Gasteiger partial charge < -0.3 is 10.2 Å². The van der Waals surface area contributed by atoms with Crippen LogP contribution in [0.2, 0.25) is 5.02 Å². The van der Waals surface area contributed by atoms with Crippen LogP contribution >= 0.6 is 11.6 Å². The normalized spacial score (nSPS) is 12.4. The third-order valence-corrected chi connectivity index (χ3v) is 7.76. The Labute approximate surface area is 207 Å². The van der Waals surface area contributed by atoms with Gasteiger partial charge in [0.2, 0.25) is 11.8 Å². The molecule has 0 saturated carbocycles. The molecule has 0 spiro atoms. The van der Waals surface area contributed by atoms with E-state index in [-0.39, 0.29) is 12.5 Å². The lowest BCUT2D eigenvalue weighted by atomic mass is 10.1. The Balaban J connectivity index is 2.56. The minimum absolute atomic E-state index is 0.0626. The molecule has 34 heavy (non-hydrogen) atoms. The van der Waals surface area contributed by atoms with Crippen LogP contribution in [0.15, 0.2) is 42.5 Å². The van der Waals surface area contributed by atoms with E-state index in [2.05, 4.69) is 5.32 Å². The lowest BCUT2D eigenvalue weighted by Crippen LogP contribution is -2.53. The smallest absolute Gasteiger partial charge is 0.304 e. The number of anilines is 1. The van der Waals surface area contributed by atoms with Crippen LogP contribution < -0.4 is 9.62 Å². The number of hydrogen-bond donors (Lipinski definition) is 1. The predicted molar refractivity (Wildman–Crippen MR) is 136 cm³/mol. The zero-order chi connectivity index (χ0) is 25.6. The second-order valence-electron chi connectivity index (χ2n) is 8.24. The van der Waals surface area contributed by atoms with E-state index in [1.807, 2.05) is 19.1 Å². The summed E-state index contributed by atoms with van der Waals surface area (Å²) in [5.41, 5.74) is 2.64. The van der Waals surface area contributed by atoms with Gasteiger partial charge in [-0.3, -0.25) is 9.59 Å². The highest BCUT2D eigenvalue weighted by Crippen LogP contribution is 2.26.